The highest BCUT2D eigenvalue weighted by Crippen LogP contribution is 2.26. The van der Waals surface area contributed by atoms with E-state index in [1.54, 1.807) is 39.0 Å². The molecule has 2 aromatic rings. The second-order valence-corrected chi connectivity index (χ2v) is 5.32. The van der Waals surface area contributed by atoms with E-state index in [9.17, 15) is 14.7 Å². The van der Waals surface area contributed by atoms with Crippen LogP contribution < -0.4 is 5.32 Å². The van der Waals surface area contributed by atoms with E-state index >= 15 is 0 Å². The Bertz CT molecular complexity index is 762. The van der Waals surface area contributed by atoms with Crippen LogP contribution in [-0.4, -0.2) is 28.6 Å². The van der Waals surface area contributed by atoms with Crippen LogP contribution in [0.1, 0.15) is 44.6 Å². The minimum atomic E-state index is -0.462. The number of aromatic amines is 1. The summed E-state index contributed by atoms with van der Waals surface area (Å²) in [6.45, 7) is 7.22. The van der Waals surface area contributed by atoms with Crippen LogP contribution in [0.4, 0.5) is 5.69 Å². The number of amides is 1. The first kappa shape index (κ1) is 16.6. The molecule has 1 aromatic heterocycles. The van der Waals surface area contributed by atoms with Crippen molar-refractivity contribution in [1.29, 1.82) is 0 Å². The van der Waals surface area contributed by atoms with Gasteiger partial charge in [-0.2, -0.15) is 0 Å². The maximum Gasteiger partial charge on any atom is 0.340 e. The van der Waals surface area contributed by atoms with Gasteiger partial charge in [-0.1, -0.05) is 6.07 Å². The van der Waals surface area contributed by atoms with Crippen LogP contribution in [0.15, 0.2) is 18.2 Å². The SMILES string of the molecule is CCOC(=O)c1c(C)[nH]c(C(=O)Nc2ccc(C)cc2O)c1C. The lowest BCUT2D eigenvalue weighted by Crippen LogP contribution is -2.14. The molecule has 0 fully saturated rings. The summed E-state index contributed by atoms with van der Waals surface area (Å²) in [6, 6.07) is 4.97. The summed E-state index contributed by atoms with van der Waals surface area (Å²) in [5, 5.41) is 12.5. The number of esters is 1. The highest BCUT2D eigenvalue weighted by atomic mass is 16.5. The van der Waals surface area contributed by atoms with Gasteiger partial charge in [0.1, 0.15) is 11.4 Å². The smallest absolute Gasteiger partial charge is 0.340 e. The number of aromatic hydroxyl groups is 1. The molecule has 0 radical (unpaired) electrons. The zero-order valence-electron chi connectivity index (χ0n) is 13.6. The molecule has 6 heteroatoms. The molecule has 0 saturated heterocycles. The average Bonchev–Trinajstić information content (AvgIpc) is 2.77. The van der Waals surface area contributed by atoms with Crippen molar-refractivity contribution in [2.45, 2.75) is 27.7 Å². The number of hydrogen-bond donors (Lipinski definition) is 3. The fourth-order valence-corrected chi connectivity index (χ4v) is 2.42. The fourth-order valence-electron chi connectivity index (χ4n) is 2.42. The Morgan fingerprint density at radius 1 is 1.26 bits per heavy atom. The molecule has 1 amide bonds. The number of benzene rings is 1. The number of phenols is 1. The lowest BCUT2D eigenvalue weighted by molar-refractivity contribution is 0.0525. The molecule has 6 nitrogen and oxygen atoms in total. The molecule has 0 spiro atoms. The zero-order valence-corrected chi connectivity index (χ0v) is 13.6. The largest absolute Gasteiger partial charge is 0.506 e. The van der Waals surface area contributed by atoms with Gasteiger partial charge in [-0.25, -0.2) is 4.79 Å². The Morgan fingerprint density at radius 2 is 1.96 bits per heavy atom. The Balaban J connectivity index is 2.30. The molecule has 0 bridgehead atoms. The van der Waals surface area contributed by atoms with E-state index in [2.05, 4.69) is 10.3 Å². The third kappa shape index (κ3) is 3.36. The van der Waals surface area contributed by atoms with Crippen molar-refractivity contribution in [1.82, 2.24) is 4.98 Å². The van der Waals surface area contributed by atoms with Gasteiger partial charge >= 0.3 is 5.97 Å². The minimum absolute atomic E-state index is 0.00935. The maximum atomic E-state index is 12.4. The molecular formula is C17H20N2O4. The van der Waals surface area contributed by atoms with E-state index in [0.29, 0.717) is 22.5 Å². The van der Waals surface area contributed by atoms with Crippen LogP contribution >= 0.6 is 0 Å². The second-order valence-electron chi connectivity index (χ2n) is 5.32. The molecule has 0 saturated carbocycles. The molecule has 23 heavy (non-hydrogen) atoms. The lowest BCUT2D eigenvalue weighted by atomic mass is 10.1. The molecule has 1 aromatic carbocycles. The first-order valence-corrected chi connectivity index (χ1v) is 7.32. The molecule has 0 aliphatic rings. The summed E-state index contributed by atoms with van der Waals surface area (Å²) in [6.07, 6.45) is 0. The average molecular weight is 316 g/mol. The summed E-state index contributed by atoms with van der Waals surface area (Å²) in [4.78, 5) is 27.3. The van der Waals surface area contributed by atoms with Gasteiger partial charge in [-0.3, -0.25) is 4.79 Å². The third-order valence-electron chi connectivity index (χ3n) is 3.55. The van der Waals surface area contributed by atoms with Gasteiger partial charge in [0.05, 0.1) is 17.9 Å². The van der Waals surface area contributed by atoms with Crippen LogP contribution in [0, 0.1) is 20.8 Å². The molecule has 0 unspecified atom stereocenters. The van der Waals surface area contributed by atoms with Gasteiger partial charge in [-0.05, 0) is 51.0 Å². The number of hydrogen-bond acceptors (Lipinski definition) is 4. The summed E-state index contributed by atoms with van der Waals surface area (Å²) < 4.78 is 5.00. The van der Waals surface area contributed by atoms with Gasteiger partial charge in [0.15, 0.2) is 0 Å². The Kier molecular flexibility index (Phi) is 4.74. The standard InChI is InChI=1S/C17H20N2O4/c1-5-23-17(22)14-10(3)15(18-11(14)4)16(21)19-12-7-6-9(2)8-13(12)20/h6-8,18,20H,5H2,1-4H3,(H,19,21). The van der Waals surface area contributed by atoms with E-state index in [1.807, 2.05) is 6.92 Å². The predicted molar refractivity (Wildman–Crippen MR) is 87.0 cm³/mol. The van der Waals surface area contributed by atoms with Crippen molar-refractivity contribution in [2.24, 2.45) is 0 Å². The van der Waals surface area contributed by atoms with Crippen LogP contribution in [-0.2, 0) is 4.74 Å². The monoisotopic (exact) mass is 316 g/mol. The number of carbonyl (C=O) groups is 2. The van der Waals surface area contributed by atoms with Crippen LogP contribution in [0.5, 0.6) is 5.75 Å². The topological polar surface area (TPSA) is 91.4 Å². The summed E-state index contributed by atoms with van der Waals surface area (Å²) >= 11 is 0. The van der Waals surface area contributed by atoms with E-state index in [4.69, 9.17) is 4.74 Å². The summed E-state index contributed by atoms with van der Waals surface area (Å²) in [5.41, 5.74) is 2.92. The van der Waals surface area contributed by atoms with Crippen molar-refractivity contribution < 1.29 is 19.4 Å². The molecule has 2 rings (SSSR count). The molecule has 0 atom stereocenters. The van der Waals surface area contributed by atoms with Gasteiger partial charge < -0.3 is 20.1 Å². The highest BCUT2D eigenvalue weighted by molar-refractivity contribution is 6.07. The number of phenolic OH excluding ortho intramolecular Hbond substituents is 1. The Hall–Kier alpha value is -2.76. The van der Waals surface area contributed by atoms with E-state index < -0.39 is 11.9 Å². The molecule has 0 aliphatic heterocycles. The quantitative estimate of drug-likeness (QED) is 0.597. The number of ether oxygens (including phenoxy) is 1. The summed E-state index contributed by atoms with van der Waals surface area (Å²) in [5.74, 6) is -0.902. The van der Waals surface area contributed by atoms with E-state index in [-0.39, 0.29) is 18.1 Å². The van der Waals surface area contributed by atoms with Crippen LogP contribution in [0.3, 0.4) is 0 Å². The number of aromatic nitrogens is 1. The van der Waals surface area contributed by atoms with E-state index in [1.165, 1.54) is 0 Å². The van der Waals surface area contributed by atoms with Crippen molar-refractivity contribution in [3.63, 3.8) is 0 Å². The first-order valence-electron chi connectivity index (χ1n) is 7.32. The number of nitrogens with one attached hydrogen (secondary N) is 2. The van der Waals surface area contributed by atoms with E-state index in [0.717, 1.165) is 5.56 Å². The Morgan fingerprint density at radius 3 is 2.57 bits per heavy atom. The van der Waals surface area contributed by atoms with Crippen molar-refractivity contribution >= 4 is 17.6 Å². The van der Waals surface area contributed by atoms with Crippen molar-refractivity contribution in [3.8, 4) is 5.75 Å². The minimum Gasteiger partial charge on any atom is -0.506 e. The van der Waals surface area contributed by atoms with Gasteiger partial charge in [0.25, 0.3) is 5.91 Å². The Labute approximate surface area is 134 Å². The first-order chi connectivity index (χ1) is 10.8. The number of anilines is 1. The number of H-pyrrole nitrogens is 1. The van der Waals surface area contributed by atoms with Gasteiger partial charge in [0.2, 0.25) is 0 Å². The van der Waals surface area contributed by atoms with Gasteiger partial charge in [0, 0.05) is 5.69 Å². The fraction of sp³-hybridized carbons (Fsp3) is 0.294. The number of carbonyl (C=O) groups excluding carboxylic acids is 2. The van der Waals surface area contributed by atoms with Gasteiger partial charge in [-0.15, -0.1) is 0 Å². The normalized spacial score (nSPS) is 10.4. The zero-order chi connectivity index (χ0) is 17.1. The number of rotatable bonds is 4. The molecule has 3 N–H and O–H groups in total. The van der Waals surface area contributed by atoms with Crippen molar-refractivity contribution in [3.05, 3.63) is 46.3 Å². The predicted octanol–water partition coefficient (Wildman–Crippen LogP) is 3.07. The highest BCUT2D eigenvalue weighted by Gasteiger charge is 2.23. The maximum absolute atomic E-state index is 12.4. The van der Waals surface area contributed by atoms with Crippen LogP contribution in [0.2, 0.25) is 0 Å². The molecule has 0 aliphatic carbocycles. The van der Waals surface area contributed by atoms with Crippen molar-refractivity contribution in [2.75, 3.05) is 11.9 Å². The van der Waals surface area contributed by atoms with Crippen LogP contribution in [0.25, 0.3) is 0 Å². The summed E-state index contributed by atoms with van der Waals surface area (Å²) in [7, 11) is 0. The molecular weight excluding hydrogens is 296 g/mol. The molecule has 1 heterocycles. The second kappa shape index (κ2) is 6.56. The lowest BCUT2D eigenvalue weighted by Gasteiger charge is -2.08. The number of aryl methyl sites for hydroxylation is 2. The third-order valence-corrected chi connectivity index (χ3v) is 3.55. The molecule has 122 valence electrons.